The van der Waals surface area contributed by atoms with E-state index in [9.17, 15) is 0 Å². The summed E-state index contributed by atoms with van der Waals surface area (Å²) in [5.41, 5.74) is 6.38. The first-order valence-electron chi connectivity index (χ1n) is 7.02. The molecule has 2 N–H and O–H groups in total. The topological polar surface area (TPSA) is 38.5 Å². The van der Waals surface area contributed by atoms with Crippen molar-refractivity contribution in [2.75, 3.05) is 19.7 Å². The van der Waals surface area contributed by atoms with Crippen LogP contribution in [0, 0.1) is 11.8 Å². The van der Waals surface area contributed by atoms with Crippen molar-refractivity contribution in [3.63, 3.8) is 0 Å². The van der Waals surface area contributed by atoms with Crippen LogP contribution in [0.1, 0.15) is 40.5 Å². The minimum Gasteiger partial charge on any atom is -0.373 e. The van der Waals surface area contributed by atoms with E-state index < -0.39 is 0 Å². The van der Waals surface area contributed by atoms with Crippen LogP contribution in [0.3, 0.4) is 0 Å². The molecule has 2 rings (SSSR count). The van der Waals surface area contributed by atoms with Crippen LogP contribution in [-0.4, -0.2) is 42.3 Å². The third-order valence-corrected chi connectivity index (χ3v) is 4.35. The molecule has 1 heterocycles. The van der Waals surface area contributed by atoms with E-state index in [-0.39, 0.29) is 5.60 Å². The Morgan fingerprint density at radius 1 is 1.24 bits per heavy atom. The van der Waals surface area contributed by atoms with E-state index in [0.717, 1.165) is 25.6 Å². The molecule has 1 saturated heterocycles. The van der Waals surface area contributed by atoms with Gasteiger partial charge in [-0.25, -0.2) is 0 Å². The normalized spacial score (nSPS) is 43.6. The van der Waals surface area contributed by atoms with Crippen LogP contribution in [0.5, 0.6) is 0 Å². The van der Waals surface area contributed by atoms with E-state index in [4.69, 9.17) is 10.5 Å². The maximum atomic E-state index is 6.40. The first-order valence-corrected chi connectivity index (χ1v) is 7.02. The van der Waals surface area contributed by atoms with Crippen molar-refractivity contribution in [2.45, 2.75) is 58.2 Å². The smallest absolute Gasteiger partial charge is 0.0753 e. The molecule has 0 aromatic heterocycles. The Hall–Kier alpha value is -0.120. The van der Waals surface area contributed by atoms with Gasteiger partial charge in [0.1, 0.15) is 0 Å². The van der Waals surface area contributed by atoms with Gasteiger partial charge in [0.2, 0.25) is 0 Å². The molecule has 4 atom stereocenters. The van der Waals surface area contributed by atoms with Crippen molar-refractivity contribution in [2.24, 2.45) is 17.6 Å². The number of hydrogen-bond donors (Lipinski definition) is 1. The summed E-state index contributed by atoms with van der Waals surface area (Å²) < 4.78 is 5.80. The quantitative estimate of drug-likeness (QED) is 0.760. The fraction of sp³-hybridized carbons (Fsp3) is 1.00. The summed E-state index contributed by atoms with van der Waals surface area (Å²) in [7, 11) is 0. The summed E-state index contributed by atoms with van der Waals surface area (Å²) in [6, 6.07) is 0.886. The van der Waals surface area contributed by atoms with E-state index >= 15 is 0 Å². The molecule has 0 radical (unpaired) electrons. The molecular formula is C14H28N2O. The zero-order valence-corrected chi connectivity index (χ0v) is 11.8. The van der Waals surface area contributed by atoms with Gasteiger partial charge in [0, 0.05) is 25.2 Å². The first kappa shape index (κ1) is 13.3. The third-order valence-electron chi connectivity index (χ3n) is 4.35. The minimum absolute atomic E-state index is 0.0131. The molecule has 100 valence electrons. The lowest BCUT2D eigenvalue weighted by molar-refractivity contribution is -0.110. The number of morpholine rings is 1. The number of ether oxygens (including phenoxy) is 1. The van der Waals surface area contributed by atoms with Gasteiger partial charge in [0.05, 0.1) is 12.2 Å². The van der Waals surface area contributed by atoms with Gasteiger partial charge in [0.25, 0.3) is 0 Å². The molecule has 0 aromatic rings. The summed E-state index contributed by atoms with van der Waals surface area (Å²) >= 11 is 0. The maximum Gasteiger partial charge on any atom is 0.0753 e. The monoisotopic (exact) mass is 240 g/mol. The zero-order valence-electron chi connectivity index (χ0n) is 11.8. The summed E-state index contributed by atoms with van der Waals surface area (Å²) in [4.78, 5) is 2.57. The molecule has 17 heavy (non-hydrogen) atoms. The van der Waals surface area contributed by atoms with Crippen LogP contribution in [0.15, 0.2) is 0 Å². The van der Waals surface area contributed by atoms with Crippen molar-refractivity contribution in [3.05, 3.63) is 0 Å². The molecule has 1 aliphatic carbocycles. The SMILES string of the molecule is CC1CC(C)C(N2CCOC(C)(C)C2)C(N)C1. The van der Waals surface area contributed by atoms with Crippen LogP contribution in [0.4, 0.5) is 0 Å². The lowest BCUT2D eigenvalue weighted by Crippen LogP contribution is -2.60. The Balaban J connectivity index is 2.05. The maximum absolute atomic E-state index is 6.40. The van der Waals surface area contributed by atoms with Gasteiger partial charge in [-0.1, -0.05) is 13.8 Å². The number of nitrogens with zero attached hydrogens (tertiary/aromatic N) is 1. The van der Waals surface area contributed by atoms with Gasteiger partial charge in [-0.05, 0) is 38.5 Å². The van der Waals surface area contributed by atoms with Crippen molar-refractivity contribution in [1.82, 2.24) is 4.90 Å². The second kappa shape index (κ2) is 4.87. The minimum atomic E-state index is -0.0131. The summed E-state index contributed by atoms with van der Waals surface area (Å²) in [5.74, 6) is 1.49. The highest BCUT2D eigenvalue weighted by atomic mass is 16.5. The van der Waals surface area contributed by atoms with E-state index in [1.165, 1.54) is 12.8 Å². The molecule has 3 heteroatoms. The highest BCUT2D eigenvalue weighted by Crippen LogP contribution is 2.33. The Morgan fingerprint density at radius 3 is 2.53 bits per heavy atom. The Morgan fingerprint density at radius 2 is 1.94 bits per heavy atom. The summed E-state index contributed by atoms with van der Waals surface area (Å²) in [6.07, 6.45) is 2.49. The van der Waals surface area contributed by atoms with E-state index in [1.807, 2.05) is 0 Å². The van der Waals surface area contributed by atoms with Crippen LogP contribution < -0.4 is 5.73 Å². The Labute approximate surface area is 106 Å². The highest BCUT2D eigenvalue weighted by Gasteiger charge is 2.39. The summed E-state index contributed by atoms with van der Waals surface area (Å²) in [6.45, 7) is 12.0. The average molecular weight is 240 g/mol. The van der Waals surface area contributed by atoms with Gasteiger partial charge in [-0.2, -0.15) is 0 Å². The molecule has 1 saturated carbocycles. The molecule has 0 aromatic carbocycles. The lowest BCUT2D eigenvalue weighted by atomic mass is 9.76. The largest absolute Gasteiger partial charge is 0.373 e. The third kappa shape index (κ3) is 3.01. The number of rotatable bonds is 1. The molecule has 0 bridgehead atoms. The van der Waals surface area contributed by atoms with Crippen molar-refractivity contribution in [3.8, 4) is 0 Å². The van der Waals surface area contributed by atoms with Gasteiger partial charge in [0.15, 0.2) is 0 Å². The van der Waals surface area contributed by atoms with Crippen LogP contribution in [0.2, 0.25) is 0 Å². The van der Waals surface area contributed by atoms with Crippen LogP contribution in [-0.2, 0) is 4.74 Å². The van der Waals surface area contributed by atoms with Gasteiger partial charge in [-0.3, -0.25) is 4.90 Å². The van der Waals surface area contributed by atoms with Crippen LogP contribution >= 0.6 is 0 Å². The molecule has 1 aliphatic heterocycles. The van der Waals surface area contributed by atoms with Gasteiger partial charge in [-0.15, -0.1) is 0 Å². The van der Waals surface area contributed by atoms with Crippen LogP contribution in [0.25, 0.3) is 0 Å². The standard InChI is InChI=1S/C14H28N2O/c1-10-7-11(2)13(12(15)8-10)16-5-6-17-14(3,4)9-16/h10-13H,5-9,15H2,1-4H3. The second-order valence-electron chi connectivity index (χ2n) is 6.79. The summed E-state index contributed by atoms with van der Waals surface area (Å²) in [5, 5.41) is 0. The number of nitrogens with two attached hydrogens (primary N) is 1. The molecular weight excluding hydrogens is 212 g/mol. The Bertz CT molecular complexity index is 255. The predicted octanol–water partition coefficient (Wildman–Crippen LogP) is 1.86. The predicted molar refractivity (Wildman–Crippen MR) is 70.9 cm³/mol. The van der Waals surface area contributed by atoms with Crippen molar-refractivity contribution < 1.29 is 4.74 Å². The highest BCUT2D eigenvalue weighted by molar-refractivity contribution is 4.95. The van der Waals surface area contributed by atoms with Crippen molar-refractivity contribution in [1.29, 1.82) is 0 Å². The van der Waals surface area contributed by atoms with E-state index in [1.54, 1.807) is 0 Å². The Kier molecular flexibility index (Phi) is 3.81. The molecule has 0 amide bonds. The fourth-order valence-corrected chi connectivity index (χ4v) is 3.83. The molecule has 4 unspecified atom stereocenters. The molecule has 0 spiro atoms. The molecule has 2 fully saturated rings. The van der Waals surface area contributed by atoms with Gasteiger partial charge < -0.3 is 10.5 Å². The second-order valence-corrected chi connectivity index (χ2v) is 6.79. The molecule has 3 nitrogen and oxygen atoms in total. The van der Waals surface area contributed by atoms with Crippen molar-refractivity contribution >= 4 is 0 Å². The lowest BCUT2D eigenvalue weighted by Gasteiger charge is -2.49. The van der Waals surface area contributed by atoms with E-state index in [0.29, 0.717) is 18.0 Å². The first-order chi connectivity index (χ1) is 7.89. The van der Waals surface area contributed by atoms with Gasteiger partial charge >= 0.3 is 0 Å². The average Bonchev–Trinajstić information content (AvgIpc) is 2.13. The fourth-order valence-electron chi connectivity index (χ4n) is 3.83. The number of hydrogen-bond acceptors (Lipinski definition) is 3. The zero-order chi connectivity index (χ0) is 12.6. The molecule has 2 aliphatic rings. The van der Waals surface area contributed by atoms with E-state index in [2.05, 4.69) is 32.6 Å².